The van der Waals surface area contributed by atoms with Crippen LogP contribution in [0.4, 0.5) is 8.78 Å². The number of carbonyl (C=O) groups excluding carboxylic acids is 1. The second kappa shape index (κ2) is 6.26. The fourth-order valence-electron chi connectivity index (χ4n) is 1.17. The highest BCUT2D eigenvalue weighted by atomic mass is 79.9. The second-order valence-electron chi connectivity index (χ2n) is 3.02. The molecule has 0 spiro atoms. The molecule has 0 atom stereocenters. The summed E-state index contributed by atoms with van der Waals surface area (Å²) in [4.78, 5) is 15.1. The molecule has 1 rings (SSSR count). The third-order valence-electron chi connectivity index (χ3n) is 1.90. The third kappa shape index (κ3) is 3.35. The topological polar surface area (TPSA) is 39.2 Å². The van der Waals surface area contributed by atoms with Gasteiger partial charge in [-0.1, -0.05) is 0 Å². The number of nitrogens with zero attached hydrogens (tertiary/aromatic N) is 1. The van der Waals surface area contributed by atoms with Gasteiger partial charge in [0.1, 0.15) is 5.69 Å². The average Bonchev–Trinajstić information content (AvgIpc) is 2.28. The summed E-state index contributed by atoms with van der Waals surface area (Å²) in [7, 11) is 0. The van der Waals surface area contributed by atoms with Crippen LogP contribution in [0.1, 0.15) is 35.1 Å². The monoisotopic (exact) mass is 327 g/mol. The van der Waals surface area contributed by atoms with Crippen LogP contribution < -0.4 is 0 Å². The van der Waals surface area contributed by atoms with Gasteiger partial charge in [-0.25, -0.2) is 18.6 Å². The number of hydrogen-bond donors (Lipinski definition) is 0. The lowest BCUT2D eigenvalue weighted by Gasteiger charge is -2.09. The van der Waals surface area contributed by atoms with Crippen LogP contribution >= 0.6 is 27.5 Å². The van der Waals surface area contributed by atoms with E-state index < -0.39 is 18.1 Å². The van der Waals surface area contributed by atoms with Gasteiger partial charge in [-0.2, -0.15) is 0 Å². The van der Waals surface area contributed by atoms with Crippen molar-refractivity contribution in [3.05, 3.63) is 27.5 Å². The first kappa shape index (κ1) is 14.3. The molecule has 0 radical (unpaired) electrons. The standard InChI is InChI=1S/C10H9BrClF2NO2/c1-2-17-10(16)7-5(4-12)3-6(11)8(15-7)9(13)14/h3,9H,2,4H2,1H3. The Bertz CT molecular complexity index is 429. The van der Waals surface area contributed by atoms with E-state index in [1.54, 1.807) is 6.92 Å². The Hall–Kier alpha value is -0.750. The van der Waals surface area contributed by atoms with Crippen LogP contribution in [-0.4, -0.2) is 17.6 Å². The summed E-state index contributed by atoms with van der Waals surface area (Å²) in [6.07, 6.45) is -2.78. The van der Waals surface area contributed by atoms with Gasteiger partial charge in [0, 0.05) is 15.9 Å². The fourth-order valence-corrected chi connectivity index (χ4v) is 1.91. The molecule has 1 aromatic heterocycles. The summed E-state index contributed by atoms with van der Waals surface area (Å²) in [6.45, 7) is 1.76. The van der Waals surface area contributed by atoms with Crippen molar-refractivity contribution in [2.24, 2.45) is 0 Å². The molecule has 1 aromatic rings. The van der Waals surface area contributed by atoms with E-state index in [4.69, 9.17) is 16.3 Å². The Balaban J connectivity index is 3.26. The van der Waals surface area contributed by atoms with Crippen LogP contribution in [0.5, 0.6) is 0 Å². The molecule has 0 aliphatic rings. The van der Waals surface area contributed by atoms with Gasteiger partial charge in [-0.15, -0.1) is 11.6 Å². The van der Waals surface area contributed by atoms with E-state index in [1.807, 2.05) is 0 Å². The smallest absolute Gasteiger partial charge is 0.357 e. The third-order valence-corrected chi connectivity index (χ3v) is 2.82. The predicted octanol–water partition coefficient (Wildman–Crippen LogP) is 3.70. The quantitative estimate of drug-likeness (QED) is 0.625. The molecule has 0 aliphatic carbocycles. The molecule has 0 unspecified atom stereocenters. The lowest BCUT2D eigenvalue weighted by Crippen LogP contribution is -2.12. The zero-order valence-electron chi connectivity index (χ0n) is 8.84. The minimum absolute atomic E-state index is 0.0106. The van der Waals surface area contributed by atoms with Crippen molar-refractivity contribution in [3.63, 3.8) is 0 Å². The van der Waals surface area contributed by atoms with E-state index in [2.05, 4.69) is 20.9 Å². The number of rotatable bonds is 4. The summed E-state index contributed by atoms with van der Waals surface area (Å²) in [5.74, 6) is -0.763. The highest BCUT2D eigenvalue weighted by Gasteiger charge is 2.21. The zero-order valence-corrected chi connectivity index (χ0v) is 11.2. The van der Waals surface area contributed by atoms with E-state index in [0.29, 0.717) is 5.56 Å². The van der Waals surface area contributed by atoms with Crippen LogP contribution in [0, 0.1) is 0 Å². The van der Waals surface area contributed by atoms with E-state index in [9.17, 15) is 13.6 Å². The molecular formula is C10H9BrClF2NO2. The lowest BCUT2D eigenvalue weighted by molar-refractivity contribution is 0.0516. The van der Waals surface area contributed by atoms with Crippen LogP contribution in [-0.2, 0) is 10.6 Å². The Labute approximate surface area is 110 Å². The molecule has 0 N–H and O–H groups in total. The van der Waals surface area contributed by atoms with Gasteiger partial charge in [-0.3, -0.25) is 0 Å². The molecule has 7 heteroatoms. The second-order valence-corrected chi connectivity index (χ2v) is 4.14. The van der Waals surface area contributed by atoms with Crippen molar-refractivity contribution >= 4 is 33.5 Å². The lowest BCUT2D eigenvalue weighted by atomic mass is 10.2. The number of ether oxygens (including phenoxy) is 1. The predicted molar refractivity (Wildman–Crippen MR) is 62.4 cm³/mol. The zero-order chi connectivity index (χ0) is 13.0. The molecule has 0 bridgehead atoms. The van der Waals surface area contributed by atoms with Crippen molar-refractivity contribution in [1.82, 2.24) is 4.98 Å². The van der Waals surface area contributed by atoms with Gasteiger partial charge < -0.3 is 4.74 Å². The largest absolute Gasteiger partial charge is 0.461 e. The highest BCUT2D eigenvalue weighted by molar-refractivity contribution is 9.10. The van der Waals surface area contributed by atoms with Crippen LogP contribution in [0.2, 0.25) is 0 Å². The van der Waals surface area contributed by atoms with Crippen molar-refractivity contribution < 1.29 is 18.3 Å². The van der Waals surface area contributed by atoms with Crippen molar-refractivity contribution in [3.8, 4) is 0 Å². The van der Waals surface area contributed by atoms with Gasteiger partial charge in [0.15, 0.2) is 5.69 Å². The first-order valence-electron chi connectivity index (χ1n) is 4.71. The van der Waals surface area contributed by atoms with Gasteiger partial charge in [0.25, 0.3) is 6.43 Å². The maximum absolute atomic E-state index is 12.6. The Morgan fingerprint density at radius 3 is 2.76 bits per heavy atom. The minimum atomic E-state index is -2.78. The molecule has 1 heterocycles. The van der Waals surface area contributed by atoms with Gasteiger partial charge in [-0.05, 0) is 28.9 Å². The molecule has 0 fully saturated rings. The molecule has 0 saturated carbocycles. The summed E-state index contributed by atoms with van der Waals surface area (Å²) in [5, 5.41) is 0. The first-order chi connectivity index (χ1) is 8.01. The van der Waals surface area contributed by atoms with E-state index in [0.717, 1.165) is 0 Å². The summed E-state index contributed by atoms with van der Waals surface area (Å²) >= 11 is 8.58. The Kier molecular flexibility index (Phi) is 5.27. The van der Waals surface area contributed by atoms with Crippen LogP contribution in [0.3, 0.4) is 0 Å². The Morgan fingerprint density at radius 1 is 1.65 bits per heavy atom. The molecule has 17 heavy (non-hydrogen) atoms. The van der Waals surface area contributed by atoms with Gasteiger partial charge >= 0.3 is 5.97 Å². The molecule has 0 amide bonds. The number of halogens is 4. The normalized spacial score (nSPS) is 10.7. The number of pyridine rings is 1. The molecule has 0 aliphatic heterocycles. The van der Waals surface area contributed by atoms with E-state index in [-0.39, 0.29) is 22.7 Å². The summed E-state index contributed by atoms with van der Waals surface area (Å²) in [6, 6.07) is 1.35. The highest BCUT2D eigenvalue weighted by Crippen LogP contribution is 2.28. The maximum atomic E-state index is 12.6. The molecule has 0 saturated heterocycles. The fraction of sp³-hybridized carbons (Fsp3) is 0.400. The van der Waals surface area contributed by atoms with Gasteiger partial charge in [0.05, 0.1) is 6.61 Å². The van der Waals surface area contributed by atoms with Gasteiger partial charge in [0.2, 0.25) is 0 Å². The summed E-state index contributed by atoms with van der Waals surface area (Å²) in [5.41, 5.74) is -0.316. The number of alkyl halides is 3. The SMILES string of the molecule is CCOC(=O)c1nc(C(F)F)c(Br)cc1CCl. The number of aromatic nitrogens is 1. The number of esters is 1. The van der Waals surface area contributed by atoms with Crippen LogP contribution in [0.15, 0.2) is 10.5 Å². The van der Waals surface area contributed by atoms with E-state index in [1.165, 1.54) is 6.07 Å². The molecular weight excluding hydrogens is 319 g/mol. The van der Waals surface area contributed by atoms with Crippen molar-refractivity contribution in [2.75, 3.05) is 6.61 Å². The van der Waals surface area contributed by atoms with Crippen molar-refractivity contribution in [2.45, 2.75) is 19.2 Å². The maximum Gasteiger partial charge on any atom is 0.357 e. The van der Waals surface area contributed by atoms with Crippen molar-refractivity contribution in [1.29, 1.82) is 0 Å². The summed E-state index contributed by atoms with van der Waals surface area (Å²) < 4.78 is 30.1. The minimum Gasteiger partial charge on any atom is -0.461 e. The number of hydrogen-bond acceptors (Lipinski definition) is 3. The number of carbonyl (C=O) groups is 1. The average molecular weight is 329 g/mol. The molecule has 3 nitrogen and oxygen atoms in total. The first-order valence-corrected chi connectivity index (χ1v) is 6.04. The Morgan fingerprint density at radius 2 is 2.29 bits per heavy atom. The van der Waals surface area contributed by atoms with Crippen LogP contribution in [0.25, 0.3) is 0 Å². The molecule has 94 valence electrons. The van der Waals surface area contributed by atoms with E-state index >= 15 is 0 Å². The molecule has 0 aromatic carbocycles.